The second-order valence-corrected chi connectivity index (χ2v) is 4.54. The number of aromatic nitrogens is 1. The first kappa shape index (κ1) is 11.4. The van der Waals surface area contributed by atoms with Crippen LogP contribution in [0.4, 0.5) is 5.69 Å². The van der Waals surface area contributed by atoms with Gasteiger partial charge in [-0.05, 0) is 31.4 Å². The smallest absolute Gasteiger partial charge is 0.0635 e. The number of nitrogens with zero attached hydrogens (tertiary/aromatic N) is 2. The van der Waals surface area contributed by atoms with Crippen molar-refractivity contribution < 1.29 is 5.11 Å². The number of aliphatic hydroxyl groups excluding tert-OH is 1. The summed E-state index contributed by atoms with van der Waals surface area (Å²) in [4.78, 5) is 6.48. The van der Waals surface area contributed by atoms with Crippen molar-refractivity contribution in [3.05, 3.63) is 24.0 Å². The zero-order valence-corrected chi connectivity index (χ0v) is 9.89. The van der Waals surface area contributed by atoms with E-state index in [1.54, 1.807) is 0 Å². The number of aliphatic hydroxyl groups is 1. The van der Waals surface area contributed by atoms with Gasteiger partial charge in [-0.25, -0.2) is 0 Å². The predicted octanol–water partition coefficient (Wildman–Crippen LogP) is 2.13. The van der Waals surface area contributed by atoms with E-state index in [0.717, 1.165) is 13.0 Å². The van der Waals surface area contributed by atoms with E-state index in [-0.39, 0.29) is 12.6 Å². The van der Waals surface area contributed by atoms with Crippen LogP contribution >= 0.6 is 0 Å². The van der Waals surface area contributed by atoms with Crippen molar-refractivity contribution in [1.82, 2.24) is 4.98 Å². The third kappa shape index (κ3) is 2.35. The summed E-state index contributed by atoms with van der Waals surface area (Å²) in [6.45, 7) is 3.39. The summed E-state index contributed by atoms with van der Waals surface area (Å²) in [5, 5.41) is 9.48. The van der Waals surface area contributed by atoms with Crippen LogP contribution < -0.4 is 4.90 Å². The lowest BCUT2D eigenvalue weighted by molar-refractivity contribution is 0.255. The van der Waals surface area contributed by atoms with Crippen LogP contribution in [0.3, 0.4) is 0 Å². The van der Waals surface area contributed by atoms with Crippen LogP contribution in [0.1, 0.15) is 31.2 Å². The van der Waals surface area contributed by atoms with Gasteiger partial charge in [0, 0.05) is 24.6 Å². The fourth-order valence-electron chi connectivity index (χ4n) is 2.47. The molecule has 3 nitrogen and oxygen atoms in total. The van der Waals surface area contributed by atoms with E-state index in [1.165, 1.54) is 30.5 Å². The van der Waals surface area contributed by atoms with Gasteiger partial charge in [-0.1, -0.05) is 12.8 Å². The highest BCUT2D eigenvalue weighted by molar-refractivity contribution is 5.52. The standard InChI is InChI=1S/C13H20N2O/c1-11-9-14-7-6-13(11)15-8-4-2-3-5-12(15)10-16/h6-7,9,12,16H,2-5,8,10H2,1H3. The Labute approximate surface area is 97.1 Å². The van der Waals surface area contributed by atoms with Gasteiger partial charge in [-0.15, -0.1) is 0 Å². The first-order valence-electron chi connectivity index (χ1n) is 6.11. The second-order valence-electron chi connectivity index (χ2n) is 4.54. The molecule has 1 unspecified atom stereocenters. The quantitative estimate of drug-likeness (QED) is 0.829. The average molecular weight is 220 g/mol. The molecule has 0 aromatic carbocycles. The molecule has 1 saturated heterocycles. The number of pyridine rings is 1. The van der Waals surface area contributed by atoms with Crippen molar-refractivity contribution in [1.29, 1.82) is 0 Å². The molecule has 1 fully saturated rings. The fourth-order valence-corrected chi connectivity index (χ4v) is 2.47. The van der Waals surface area contributed by atoms with Gasteiger partial charge in [0.2, 0.25) is 0 Å². The highest BCUT2D eigenvalue weighted by Crippen LogP contribution is 2.26. The highest BCUT2D eigenvalue weighted by Gasteiger charge is 2.21. The first-order valence-corrected chi connectivity index (χ1v) is 6.11. The maximum absolute atomic E-state index is 9.48. The maximum atomic E-state index is 9.48. The van der Waals surface area contributed by atoms with Crippen LogP contribution in [0.5, 0.6) is 0 Å². The molecule has 2 rings (SSSR count). The monoisotopic (exact) mass is 220 g/mol. The molecule has 88 valence electrons. The van der Waals surface area contributed by atoms with E-state index in [0.29, 0.717) is 0 Å². The summed E-state index contributed by atoms with van der Waals surface area (Å²) in [5.74, 6) is 0. The van der Waals surface area contributed by atoms with Crippen LogP contribution in [0, 0.1) is 6.92 Å². The summed E-state index contributed by atoms with van der Waals surface area (Å²) in [7, 11) is 0. The van der Waals surface area contributed by atoms with Crippen molar-refractivity contribution >= 4 is 5.69 Å². The zero-order valence-electron chi connectivity index (χ0n) is 9.89. The molecule has 0 saturated carbocycles. The molecule has 1 aromatic rings. The van der Waals surface area contributed by atoms with Crippen LogP contribution in [-0.2, 0) is 0 Å². The predicted molar refractivity (Wildman–Crippen MR) is 65.7 cm³/mol. The molecule has 16 heavy (non-hydrogen) atoms. The maximum Gasteiger partial charge on any atom is 0.0635 e. The zero-order chi connectivity index (χ0) is 11.4. The molecule has 0 bridgehead atoms. The van der Waals surface area contributed by atoms with Crippen molar-refractivity contribution in [2.45, 2.75) is 38.6 Å². The summed E-state index contributed by atoms with van der Waals surface area (Å²) >= 11 is 0. The van der Waals surface area contributed by atoms with Crippen molar-refractivity contribution in [3.63, 3.8) is 0 Å². The van der Waals surface area contributed by atoms with Crippen LogP contribution in [-0.4, -0.2) is 29.3 Å². The SMILES string of the molecule is Cc1cnccc1N1CCCCCC1CO. The average Bonchev–Trinajstić information content (AvgIpc) is 2.54. The third-order valence-electron chi connectivity index (χ3n) is 3.39. The summed E-state index contributed by atoms with van der Waals surface area (Å²) < 4.78 is 0. The number of rotatable bonds is 2. The fraction of sp³-hybridized carbons (Fsp3) is 0.615. The molecular weight excluding hydrogens is 200 g/mol. The molecular formula is C13H20N2O. The van der Waals surface area contributed by atoms with E-state index >= 15 is 0 Å². The molecule has 0 amide bonds. The van der Waals surface area contributed by atoms with Gasteiger partial charge in [-0.3, -0.25) is 4.98 Å². The molecule has 0 radical (unpaired) electrons. The van der Waals surface area contributed by atoms with Gasteiger partial charge < -0.3 is 10.0 Å². The molecule has 1 aliphatic rings. The molecule has 0 aliphatic carbocycles. The Morgan fingerprint density at radius 2 is 2.31 bits per heavy atom. The minimum absolute atomic E-state index is 0.252. The lowest BCUT2D eigenvalue weighted by atomic mass is 10.1. The topological polar surface area (TPSA) is 36.4 Å². The normalized spacial score (nSPS) is 21.9. The van der Waals surface area contributed by atoms with Gasteiger partial charge in [0.05, 0.1) is 12.6 Å². The molecule has 3 heteroatoms. The molecule has 1 N–H and O–H groups in total. The minimum atomic E-state index is 0.252. The van der Waals surface area contributed by atoms with Crippen LogP contribution in [0.2, 0.25) is 0 Å². The highest BCUT2D eigenvalue weighted by atomic mass is 16.3. The Morgan fingerprint density at radius 1 is 1.44 bits per heavy atom. The summed E-state index contributed by atoms with van der Waals surface area (Å²) in [5.41, 5.74) is 2.43. The van der Waals surface area contributed by atoms with Gasteiger partial charge >= 0.3 is 0 Å². The first-order chi connectivity index (χ1) is 7.83. The number of hydrogen-bond donors (Lipinski definition) is 1. The Bertz CT molecular complexity index is 340. The Balaban J connectivity index is 2.25. The molecule has 0 spiro atoms. The molecule has 1 aliphatic heterocycles. The minimum Gasteiger partial charge on any atom is -0.394 e. The van der Waals surface area contributed by atoms with E-state index < -0.39 is 0 Å². The van der Waals surface area contributed by atoms with Crippen LogP contribution in [0.15, 0.2) is 18.5 Å². The second kappa shape index (κ2) is 5.30. The summed E-state index contributed by atoms with van der Waals surface area (Å²) in [6, 6.07) is 2.34. The van der Waals surface area contributed by atoms with Crippen LogP contribution in [0.25, 0.3) is 0 Å². The Kier molecular flexibility index (Phi) is 3.78. The van der Waals surface area contributed by atoms with Gasteiger partial charge in [0.15, 0.2) is 0 Å². The van der Waals surface area contributed by atoms with E-state index in [2.05, 4.69) is 22.9 Å². The van der Waals surface area contributed by atoms with E-state index in [4.69, 9.17) is 0 Å². The van der Waals surface area contributed by atoms with Gasteiger partial charge in [0.25, 0.3) is 0 Å². The summed E-state index contributed by atoms with van der Waals surface area (Å²) in [6.07, 6.45) is 8.55. The van der Waals surface area contributed by atoms with Crippen molar-refractivity contribution in [3.8, 4) is 0 Å². The lowest BCUT2D eigenvalue weighted by Crippen LogP contribution is -2.38. The number of aryl methyl sites for hydroxylation is 1. The number of hydrogen-bond acceptors (Lipinski definition) is 3. The van der Waals surface area contributed by atoms with Crippen molar-refractivity contribution in [2.75, 3.05) is 18.1 Å². The van der Waals surface area contributed by atoms with Gasteiger partial charge in [-0.2, -0.15) is 0 Å². The largest absolute Gasteiger partial charge is 0.394 e. The molecule has 2 heterocycles. The van der Waals surface area contributed by atoms with E-state index in [9.17, 15) is 5.11 Å². The number of anilines is 1. The lowest BCUT2D eigenvalue weighted by Gasteiger charge is -2.31. The molecule has 1 atom stereocenters. The molecule has 1 aromatic heterocycles. The Hall–Kier alpha value is -1.09. The third-order valence-corrected chi connectivity index (χ3v) is 3.39. The van der Waals surface area contributed by atoms with Crippen molar-refractivity contribution in [2.24, 2.45) is 0 Å². The van der Waals surface area contributed by atoms with E-state index in [1.807, 2.05) is 12.4 Å². The Morgan fingerprint density at radius 3 is 3.06 bits per heavy atom. The van der Waals surface area contributed by atoms with Gasteiger partial charge in [0.1, 0.15) is 0 Å².